The fourth-order valence-corrected chi connectivity index (χ4v) is 4.66. The third-order valence-corrected chi connectivity index (χ3v) is 6.04. The second-order valence-corrected chi connectivity index (χ2v) is 8.11. The van der Waals surface area contributed by atoms with Gasteiger partial charge in [-0.15, -0.1) is 0 Å². The zero-order chi connectivity index (χ0) is 16.6. The topological polar surface area (TPSA) is 61.5 Å². The maximum atomic E-state index is 6.04. The van der Waals surface area contributed by atoms with E-state index in [1.54, 1.807) is 4.52 Å². The highest BCUT2D eigenvalue weighted by Crippen LogP contribution is 2.18. The molecule has 2 aromatic heterocycles. The summed E-state index contributed by atoms with van der Waals surface area (Å²) in [6.45, 7) is 3.02. The molecule has 1 atom stereocenters. The molecule has 0 radical (unpaired) electrons. The smallest absolute Gasteiger partial charge is 0.255 e. The lowest BCUT2D eigenvalue weighted by atomic mass is 10.3. The van der Waals surface area contributed by atoms with E-state index >= 15 is 0 Å². The van der Waals surface area contributed by atoms with Crippen molar-refractivity contribution in [1.82, 2.24) is 19.6 Å². The van der Waals surface area contributed by atoms with Crippen molar-refractivity contribution in [3.05, 3.63) is 18.1 Å². The Balaban J connectivity index is 1.45. The molecule has 0 bridgehead atoms. The lowest BCUT2D eigenvalue weighted by Gasteiger charge is -2.19. The van der Waals surface area contributed by atoms with Gasteiger partial charge in [-0.2, -0.15) is 38.1 Å². The van der Waals surface area contributed by atoms with Gasteiger partial charge in [0.05, 0.1) is 12.7 Å². The maximum absolute atomic E-state index is 6.04. The van der Waals surface area contributed by atoms with E-state index in [-0.39, 0.29) is 0 Å². The van der Waals surface area contributed by atoms with Gasteiger partial charge in [-0.3, -0.25) is 0 Å². The summed E-state index contributed by atoms with van der Waals surface area (Å²) in [6.07, 6.45) is 5.61. The number of fused-ring (bicyclic) bond motifs is 1. The second kappa shape index (κ2) is 9.48. The Bertz CT molecular complexity index is 628. The number of nitrogens with zero attached hydrogens (tertiary/aromatic N) is 4. The molecule has 0 aliphatic carbocycles. The number of hydrogen-bond acceptors (Lipinski definition) is 7. The van der Waals surface area contributed by atoms with Gasteiger partial charge in [0, 0.05) is 17.5 Å². The van der Waals surface area contributed by atoms with Crippen molar-refractivity contribution in [2.24, 2.45) is 0 Å². The lowest BCUT2D eigenvalue weighted by Crippen LogP contribution is -2.21. The Hall–Kier alpha value is -0.990. The van der Waals surface area contributed by atoms with Crippen LogP contribution in [0.4, 0.5) is 0 Å². The molecule has 1 unspecified atom stereocenters. The van der Waals surface area contributed by atoms with E-state index in [4.69, 9.17) is 9.47 Å². The minimum absolute atomic E-state index is 0.328. The van der Waals surface area contributed by atoms with Gasteiger partial charge in [0.2, 0.25) is 5.88 Å². The Morgan fingerprint density at radius 2 is 2.08 bits per heavy atom. The van der Waals surface area contributed by atoms with E-state index in [1.807, 2.05) is 36.5 Å². The first-order valence-corrected chi connectivity index (χ1v) is 10.7. The average Bonchev–Trinajstić information content (AvgIpc) is 3.05. The van der Waals surface area contributed by atoms with Crippen molar-refractivity contribution in [3.8, 4) is 5.88 Å². The monoisotopic (exact) mass is 368 g/mol. The summed E-state index contributed by atoms with van der Waals surface area (Å²) in [7, 11) is 0. The van der Waals surface area contributed by atoms with E-state index in [2.05, 4.69) is 15.1 Å². The van der Waals surface area contributed by atoms with Crippen LogP contribution in [-0.2, 0) is 4.74 Å². The molecule has 8 heteroatoms. The van der Waals surface area contributed by atoms with E-state index in [1.165, 1.54) is 36.4 Å². The number of ether oxygens (including phenoxy) is 2. The zero-order valence-corrected chi connectivity index (χ0v) is 15.7. The second-order valence-electron chi connectivity index (χ2n) is 5.73. The molecule has 132 valence electrons. The normalized spacial score (nSPS) is 20.1. The standard InChI is InChI=1S/C16H24N4O2S2/c1-13-10-15(20-16(19-13)17-12-18-20)22-6-5-21-14-4-9-23-7-2-3-8-24-11-14/h10,12,14H,2-9,11H2,1H3. The third kappa shape index (κ3) is 5.26. The SMILES string of the molecule is Cc1cc(OCCOC2CCSCCCCSC2)n2ncnc2n1. The molecule has 0 N–H and O–H groups in total. The molecular weight excluding hydrogens is 344 g/mol. The fraction of sp³-hybridized carbons (Fsp3) is 0.688. The summed E-state index contributed by atoms with van der Waals surface area (Å²) in [5.74, 6) is 6.03. The van der Waals surface area contributed by atoms with Crippen LogP contribution < -0.4 is 4.74 Å². The van der Waals surface area contributed by atoms with Crippen LogP contribution >= 0.6 is 23.5 Å². The zero-order valence-electron chi connectivity index (χ0n) is 14.0. The first-order chi connectivity index (χ1) is 11.8. The van der Waals surface area contributed by atoms with Gasteiger partial charge < -0.3 is 9.47 Å². The summed E-state index contributed by atoms with van der Waals surface area (Å²) < 4.78 is 13.5. The van der Waals surface area contributed by atoms with Crippen molar-refractivity contribution in [2.45, 2.75) is 32.3 Å². The van der Waals surface area contributed by atoms with E-state index in [0.29, 0.717) is 31.0 Å². The first-order valence-electron chi connectivity index (χ1n) is 8.40. The highest BCUT2D eigenvalue weighted by Gasteiger charge is 2.12. The van der Waals surface area contributed by atoms with Crippen LogP contribution in [0.15, 0.2) is 12.4 Å². The molecule has 3 heterocycles. The van der Waals surface area contributed by atoms with Crippen LogP contribution in [-0.4, -0.2) is 61.9 Å². The number of aryl methyl sites for hydroxylation is 1. The maximum Gasteiger partial charge on any atom is 0.255 e. The van der Waals surface area contributed by atoms with Crippen LogP contribution in [0.25, 0.3) is 5.78 Å². The Labute approximate surface area is 151 Å². The molecule has 1 saturated heterocycles. The molecule has 2 aromatic rings. The molecule has 1 aliphatic heterocycles. The molecule has 0 amide bonds. The van der Waals surface area contributed by atoms with Crippen LogP contribution in [0, 0.1) is 6.92 Å². The molecule has 0 spiro atoms. The molecule has 24 heavy (non-hydrogen) atoms. The van der Waals surface area contributed by atoms with Gasteiger partial charge in [-0.1, -0.05) is 0 Å². The van der Waals surface area contributed by atoms with Crippen molar-refractivity contribution in [1.29, 1.82) is 0 Å². The molecule has 0 aromatic carbocycles. The van der Waals surface area contributed by atoms with Crippen LogP contribution in [0.2, 0.25) is 0 Å². The minimum Gasteiger partial charge on any atom is -0.475 e. The highest BCUT2D eigenvalue weighted by molar-refractivity contribution is 7.99. The lowest BCUT2D eigenvalue weighted by molar-refractivity contribution is 0.0446. The molecule has 1 aliphatic rings. The summed E-state index contributed by atoms with van der Waals surface area (Å²) in [5, 5.41) is 4.14. The van der Waals surface area contributed by atoms with Crippen molar-refractivity contribution < 1.29 is 9.47 Å². The number of thioether (sulfide) groups is 2. The molecule has 6 nitrogen and oxygen atoms in total. The van der Waals surface area contributed by atoms with Gasteiger partial charge in [-0.05, 0) is 43.4 Å². The van der Waals surface area contributed by atoms with Gasteiger partial charge in [-0.25, -0.2) is 4.98 Å². The Morgan fingerprint density at radius 3 is 3.00 bits per heavy atom. The van der Waals surface area contributed by atoms with Crippen LogP contribution in [0.3, 0.4) is 0 Å². The van der Waals surface area contributed by atoms with E-state index < -0.39 is 0 Å². The van der Waals surface area contributed by atoms with Gasteiger partial charge in [0.1, 0.15) is 12.9 Å². The van der Waals surface area contributed by atoms with Crippen molar-refractivity contribution in [3.63, 3.8) is 0 Å². The van der Waals surface area contributed by atoms with Gasteiger partial charge in [0.25, 0.3) is 5.78 Å². The third-order valence-electron chi connectivity index (χ3n) is 3.75. The quantitative estimate of drug-likeness (QED) is 0.752. The summed E-state index contributed by atoms with van der Waals surface area (Å²) in [4.78, 5) is 8.41. The molecular formula is C16H24N4O2S2. The van der Waals surface area contributed by atoms with E-state index in [9.17, 15) is 0 Å². The fourth-order valence-electron chi connectivity index (χ4n) is 2.52. The summed E-state index contributed by atoms with van der Waals surface area (Å²) in [6, 6.07) is 1.87. The Kier molecular flexibility index (Phi) is 7.04. The van der Waals surface area contributed by atoms with Crippen LogP contribution in [0.1, 0.15) is 25.0 Å². The average molecular weight is 369 g/mol. The van der Waals surface area contributed by atoms with Crippen molar-refractivity contribution >= 4 is 29.3 Å². The summed E-state index contributed by atoms with van der Waals surface area (Å²) in [5.41, 5.74) is 0.868. The minimum atomic E-state index is 0.328. The van der Waals surface area contributed by atoms with Crippen LogP contribution in [0.5, 0.6) is 5.88 Å². The van der Waals surface area contributed by atoms with Gasteiger partial charge >= 0.3 is 0 Å². The molecule has 0 saturated carbocycles. The highest BCUT2D eigenvalue weighted by atomic mass is 32.2. The molecule has 1 fully saturated rings. The van der Waals surface area contributed by atoms with Gasteiger partial charge in [0.15, 0.2) is 0 Å². The van der Waals surface area contributed by atoms with E-state index in [0.717, 1.165) is 17.9 Å². The number of aromatic nitrogens is 4. The largest absolute Gasteiger partial charge is 0.475 e. The number of hydrogen-bond donors (Lipinski definition) is 0. The first kappa shape index (κ1) is 17.8. The number of rotatable bonds is 5. The predicted octanol–water partition coefficient (Wildman–Crippen LogP) is 2.85. The Morgan fingerprint density at radius 1 is 1.21 bits per heavy atom. The van der Waals surface area contributed by atoms with Crippen molar-refractivity contribution in [2.75, 3.05) is 36.2 Å². The predicted molar refractivity (Wildman–Crippen MR) is 99.3 cm³/mol. The summed E-state index contributed by atoms with van der Waals surface area (Å²) >= 11 is 4.06. The molecule has 3 rings (SSSR count).